The number of ether oxygens (including phenoxy) is 1. The zero-order valence-electron chi connectivity index (χ0n) is 10.9. The van der Waals surface area contributed by atoms with E-state index in [4.69, 9.17) is 4.74 Å². The van der Waals surface area contributed by atoms with Gasteiger partial charge in [-0.2, -0.15) is 0 Å². The number of rotatable bonds is 2. The molecule has 0 aromatic rings. The van der Waals surface area contributed by atoms with E-state index in [1.54, 1.807) is 11.9 Å². The first-order valence-corrected chi connectivity index (χ1v) is 6.45. The van der Waals surface area contributed by atoms with Gasteiger partial charge < -0.3 is 20.3 Å². The molecule has 0 spiro atoms. The Labute approximate surface area is 107 Å². The lowest BCUT2D eigenvalue weighted by molar-refractivity contribution is -0.151. The molecule has 2 heterocycles. The molecule has 2 aliphatic heterocycles. The van der Waals surface area contributed by atoms with Gasteiger partial charge in [0.15, 0.2) is 0 Å². The first kappa shape index (κ1) is 13.3. The van der Waals surface area contributed by atoms with Crippen LogP contribution in [-0.2, 0) is 14.3 Å². The minimum Gasteiger partial charge on any atom is -0.377 e. The molecular formula is C12H21N3O3. The van der Waals surface area contributed by atoms with Crippen molar-refractivity contribution in [3.05, 3.63) is 0 Å². The number of morpholine rings is 1. The van der Waals surface area contributed by atoms with Crippen LogP contribution in [0.4, 0.5) is 0 Å². The number of nitrogens with one attached hydrogen (secondary N) is 2. The lowest BCUT2D eigenvalue weighted by atomic mass is 9.95. The minimum atomic E-state index is -0.482. The van der Waals surface area contributed by atoms with Gasteiger partial charge in [-0.15, -0.1) is 0 Å². The number of carbonyl (C=O) groups excluding carboxylic acids is 2. The van der Waals surface area contributed by atoms with Crippen LogP contribution < -0.4 is 10.6 Å². The summed E-state index contributed by atoms with van der Waals surface area (Å²) in [5.41, 5.74) is 0. The molecule has 102 valence electrons. The quantitative estimate of drug-likeness (QED) is 0.651. The van der Waals surface area contributed by atoms with Gasteiger partial charge in [-0.1, -0.05) is 6.92 Å². The van der Waals surface area contributed by atoms with Crippen molar-refractivity contribution in [3.8, 4) is 0 Å². The summed E-state index contributed by atoms with van der Waals surface area (Å²) in [6.45, 7) is 4.94. The Kier molecular flexibility index (Phi) is 4.19. The van der Waals surface area contributed by atoms with Gasteiger partial charge in [0.25, 0.3) is 0 Å². The number of hydrogen-bond donors (Lipinski definition) is 2. The summed E-state index contributed by atoms with van der Waals surface area (Å²) in [5, 5.41) is 5.81. The molecule has 0 radical (unpaired) electrons. The van der Waals surface area contributed by atoms with E-state index in [1.807, 2.05) is 0 Å². The van der Waals surface area contributed by atoms with Crippen LogP contribution in [0.25, 0.3) is 0 Å². The van der Waals surface area contributed by atoms with Crippen LogP contribution in [-0.4, -0.2) is 62.7 Å². The smallest absolute Gasteiger partial charge is 0.244 e. The molecule has 1 unspecified atom stereocenters. The monoisotopic (exact) mass is 255 g/mol. The third-order valence-corrected chi connectivity index (χ3v) is 3.80. The van der Waals surface area contributed by atoms with E-state index in [9.17, 15) is 9.59 Å². The SMILES string of the molecule is CNC(=O)C1COCCN1C(=O)[C@@H]1CNC[C@H]1C. The molecule has 0 aromatic heterocycles. The third-order valence-electron chi connectivity index (χ3n) is 3.80. The fourth-order valence-electron chi connectivity index (χ4n) is 2.60. The summed E-state index contributed by atoms with van der Waals surface area (Å²) in [6, 6.07) is -0.482. The average Bonchev–Trinajstić information content (AvgIpc) is 2.83. The summed E-state index contributed by atoms with van der Waals surface area (Å²) in [6.07, 6.45) is 0. The lowest BCUT2D eigenvalue weighted by Crippen LogP contribution is -2.57. The van der Waals surface area contributed by atoms with Gasteiger partial charge in [-0.25, -0.2) is 0 Å². The zero-order chi connectivity index (χ0) is 13.1. The van der Waals surface area contributed by atoms with Crippen molar-refractivity contribution < 1.29 is 14.3 Å². The molecule has 6 heteroatoms. The highest BCUT2D eigenvalue weighted by molar-refractivity contribution is 5.89. The van der Waals surface area contributed by atoms with Gasteiger partial charge in [0.1, 0.15) is 6.04 Å². The molecule has 2 rings (SSSR count). The Hall–Kier alpha value is -1.14. The Morgan fingerprint density at radius 3 is 2.78 bits per heavy atom. The van der Waals surface area contributed by atoms with E-state index in [2.05, 4.69) is 17.6 Å². The van der Waals surface area contributed by atoms with Gasteiger partial charge in [0.05, 0.1) is 19.1 Å². The maximum Gasteiger partial charge on any atom is 0.244 e. The van der Waals surface area contributed by atoms with Crippen molar-refractivity contribution in [2.45, 2.75) is 13.0 Å². The molecular weight excluding hydrogens is 234 g/mol. The fourth-order valence-corrected chi connectivity index (χ4v) is 2.60. The highest BCUT2D eigenvalue weighted by atomic mass is 16.5. The van der Waals surface area contributed by atoms with Crippen molar-refractivity contribution in [2.75, 3.05) is 39.9 Å². The highest BCUT2D eigenvalue weighted by Crippen LogP contribution is 2.21. The van der Waals surface area contributed by atoms with E-state index >= 15 is 0 Å². The Balaban J connectivity index is 2.08. The van der Waals surface area contributed by atoms with Crippen LogP contribution in [0, 0.1) is 11.8 Å². The van der Waals surface area contributed by atoms with E-state index in [1.165, 1.54) is 0 Å². The summed E-state index contributed by atoms with van der Waals surface area (Å²) in [7, 11) is 1.58. The van der Waals surface area contributed by atoms with Crippen LogP contribution in [0.1, 0.15) is 6.92 Å². The normalized spacial score (nSPS) is 32.3. The largest absolute Gasteiger partial charge is 0.377 e. The van der Waals surface area contributed by atoms with Crippen molar-refractivity contribution in [3.63, 3.8) is 0 Å². The van der Waals surface area contributed by atoms with Crippen LogP contribution in [0.15, 0.2) is 0 Å². The second kappa shape index (κ2) is 5.67. The predicted molar refractivity (Wildman–Crippen MR) is 65.9 cm³/mol. The van der Waals surface area contributed by atoms with Gasteiger partial charge in [0, 0.05) is 20.1 Å². The van der Waals surface area contributed by atoms with E-state index in [0.717, 1.165) is 6.54 Å². The number of hydrogen-bond acceptors (Lipinski definition) is 4. The number of carbonyl (C=O) groups is 2. The third kappa shape index (κ3) is 2.49. The molecule has 0 saturated carbocycles. The summed E-state index contributed by atoms with van der Waals surface area (Å²) in [5.74, 6) is 0.229. The van der Waals surface area contributed by atoms with Gasteiger partial charge in [-0.05, 0) is 12.5 Å². The first-order valence-electron chi connectivity index (χ1n) is 6.45. The van der Waals surface area contributed by atoms with Crippen LogP contribution in [0.3, 0.4) is 0 Å². The van der Waals surface area contributed by atoms with Crippen molar-refractivity contribution in [1.29, 1.82) is 0 Å². The molecule has 2 fully saturated rings. The van der Waals surface area contributed by atoms with E-state index < -0.39 is 6.04 Å². The summed E-state index contributed by atoms with van der Waals surface area (Å²) in [4.78, 5) is 25.9. The zero-order valence-corrected chi connectivity index (χ0v) is 10.9. The number of amides is 2. The van der Waals surface area contributed by atoms with Crippen LogP contribution in [0.2, 0.25) is 0 Å². The second-order valence-electron chi connectivity index (χ2n) is 4.98. The van der Waals surface area contributed by atoms with Crippen molar-refractivity contribution in [1.82, 2.24) is 15.5 Å². The molecule has 0 aliphatic carbocycles. The molecule has 2 amide bonds. The topological polar surface area (TPSA) is 70.7 Å². The Morgan fingerprint density at radius 1 is 1.39 bits per heavy atom. The standard InChI is InChI=1S/C12H21N3O3/c1-8-5-14-6-9(8)12(17)15-3-4-18-7-10(15)11(16)13-2/h8-10,14H,3-7H2,1-2H3,(H,13,16)/t8-,9-,10?/m1/s1. The molecule has 2 aliphatic rings. The summed E-state index contributed by atoms with van der Waals surface area (Å²) < 4.78 is 5.30. The van der Waals surface area contributed by atoms with Crippen molar-refractivity contribution >= 4 is 11.8 Å². The molecule has 2 N–H and O–H groups in total. The number of nitrogens with zero attached hydrogens (tertiary/aromatic N) is 1. The molecule has 6 nitrogen and oxygen atoms in total. The maximum atomic E-state index is 12.5. The maximum absolute atomic E-state index is 12.5. The second-order valence-corrected chi connectivity index (χ2v) is 4.98. The highest BCUT2D eigenvalue weighted by Gasteiger charge is 2.38. The minimum absolute atomic E-state index is 0.0183. The number of likely N-dealkylation sites (N-methyl/N-ethyl adjacent to an activating group) is 1. The molecule has 18 heavy (non-hydrogen) atoms. The molecule has 0 bridgehead atoms. The van der Waals surface area contributed by atoms with E-state index in [0.29, 0.717) is 32.2 Å². The first-order chi connectivity index (χ1) is 8.65. The van der Waals surface area contributed by atoms with E-state index in [-0.39, 0.29) is 17.7 Å². The predicted octanol–water partition coefficient (Wildman–Crippen LogP) is -1.18. The van der Waals surface area contributed by atoms with Gasteiger partial charge >= 0.3 is 0 Å². The van der Waals surface area contributed by atoms with Crippen LogP contribution in [0.5, 0.6) is 0 Å². The molecule has 0 aromatic carbocycles. The van der Waals surface area contributed by atoms with Crippen molar-refractivity contribution in [2.24, 2.45) is 11.8 Å². The van der Waals surface area contributed by atoms with Crippen LogP contribution >= 0.6 is 0 Å². The molecule has 2 saturated heterocycles. The summed E-state index contributed by atoms with van der Waals surface area (Å²) >= 11 is 0. The Bertz CT molecular complexity index is 335. The fraction of sp³-hybridized carbons (Fsp3) is 0.833. The molecule has 3 atom stereocenters. The average molecular weight is 255 g/mol. The van der Waals surface area contributed by atoms with Gasteiger partial charge in [0.2, 0.25) is 11.8 Å². The lowest BCUT2D eigenvalue weighted by Gasteiger charge is -2.36. The Morgan fingerprint density at radius 2 is 2.17 bits per heavy atom. The van der Waals surface area contributed by atoms with Gasteiger partial charge in [-0.3, -0.25) is 9.59 Å².